The maximum absolute atomic E-state index is 12.6. The van der Waals surface area contributed by atoms with Crippen molar-refractivity contribution in [3.8, 4) is 0 Å². The second kappa shape index (κ2) is 6.27. The van der Waals surface area contributed by atoms with Gasteiger partial charge in [0.1, 0.15) is 10.6 Å². The molecular formula is C13H16BrN3O3S. The van der Waals surface area contributed by atoms with E-state index in [9.17, 15) is 13.5 Å². The Labute approximate surface area is 132 Å². The minimum atomic E-state index is -3.73. The van der Waals surface area contributed by atoms with Crippen LogP contribution in [0, 0.1) is 6.92 Å². The van der Waals surface area contributed by atoms with E-state index in [4.69, 9.17) is 0 Å². The standard InChI is InChI=1S/C13H16BrN3O3S/c1-9-13(12(8-18)16-15-9)21(19,20)17(2)7-10-5-3-4-6-11(10)14/h3-6,18H,7-8H2,1-2H3,(H,15,16). The summed E-state index contributed by atoms with van der Waals surface area (Å²) in [6.45, 7) is 1.41. The van der Waals surface area contributed by atoms with Crippen LogP contribution in [0.5, 0.6) is 0 Å². The van der Waals surface area contributed by atoms with Crippen molar-refractivity contribution in [2.45, 2.75) is 25.0 Å². The van der Waals surface area contributed by atoms with Crippen molar-refractivity contribution in [3.63, 3.8) is 0 Å². The molecule has 0 aliphatic heterocycles. The van der Waals surface area contributed by atoms with E-state index in [1.54, 1.807) is 6.92 Å². The molecule has 0 spiro atoms. The van der Waals surface area contributed by atoms with Gasteiger partial charge in [-0.3, -0.25) is 5.10 Å². The van der Waals surface area contributed by atoms with Gasteiger partial charge in [-0.05, 0) is 18.6 Å². The summed E-state index contributed by atoms with van der Waals surface area (Å²) in [5, 5.41) is 15.7. The van der Waals surface area contributed by atoms with Gasteiger partial charge in [-0.1, -0.05) is 34.1 Å². The quantitative estimate of drug-likeness (QED) is 0.836. The summed E-state index contributed by atoms with van der Waals surface area (Å²) < 4.78 is 27.4. The second-order valence-electron chi connectivity index (χ2n) is 4.64. The van der Waals surface area contributed by atoms with Crippen LogP contribution in [0.15, 0.2) is 33.6 Å². The number of aromatic amines is 1. The van der Waals surface area contributed by atoms with Gasteiger partial charge in [-0.2, -0.15) is 9.40 Å². The predicted molar refractivity (Wildman–Crippen MR) is 82.0 cm³/mol. The highest BCUT2D eigenvalue weighted by Gasteiger charge is 2.28. The summed E-state index contributed by atoms with van der Waals surface area (Å²) in [6.07, 6.45) is 0. The molecule has 21 heavy (non-hydrogen) atoms. The number of aryl methyl sites for hydroxylation is 1. The molecule has 0 amide bonds. The molecule has 0 saturated heterocycles. The molecule has 0 bridgehead atoms. The first-order chi connectivity index (χ1) is 9.87. The van der Waals surface area contributed by atoms with E-state index in [-0.39, 0.29) is 17.1 Å². The van der Waals surface area contributed by atoms with Crippen LogP contribution in [0.1, 0.15) is 17.0 Å². The van der Waals surface area contributed by atoms with Gasteiger partial charge in [0.25, 0.3) is 0 Å². The van der Waals surface area contributed by atoms with Crippen LogP contribution in [-0.2, 0) is 23.2 Å². The van der Waals surface area contributed by atoms with Crippen LogP contribution in [0.4, 0.5) is 0 Å². The van der Waals surface area contributed by atoms with E-state index < -0.39 is 16.6 Å². The molecule has 0 aliphatic carbocycles. The van der Waals surface area contributed by atoms with Crippen LogP contribution in [0.2, 0.25) is 0 Å². The predicted octanol–water partition coefficient (Wildman–Crippen LogP) is 1.79. The molecule has 0 unspecified atom stereocenters. The zero-order valence-corrected chi connectivity index (χ0v) is 14.1. The van der Waals surface area contributed by atoms with Gasteiger partial charge in [0, 0.05) is 18.1 Å². The molecular weight excluding hydrogens is 358 g/mol. The lowest BCUT2D eigenvalue weighted by Gasteiger charge is -2.18. The lowest BCUT2D eigenvalue weighted by atomic mass is 10.2. The van der Waals surface area contributed by atoms with Gasteiger partial charge >= 0.3 is 0 Å². The molecule has 8 heteroatoms. The van der Waals surface area contributed by atoms with Crippen LogP contribution >= 0.6 is 15.9 Å². The number of sulfonamides is 1. The Kier molecular flexibility index (Phi) is 4.82. The van der Waals surface area contributed by atoms with E-state index in [0.717, 1.165) is 10.0 Å². The Balaban J connectivity index is 2.35. The largest absolute Gasteiger partial charge is 0.390 e. The third-order valence-corrected chi connectivity index (χ3v) is 5.91. The molecule has 6 nitrogen and oxygen atoms in total. The highest BCUT2D eigenvalue weighted by Crippen LogP contribution is 2.24. The average molecular weight is 374 g/mol. The average Bonchev–Trinajstić information content (AvgIpc) is 2.83. The molecule has 0 atom stereocenters. The monoisotopic (exact) mass is 373 g/mol. The van der Waals surface area contributed by atoms with E-state index in [1.165, 1.54) is 11.4 Å². The van der Waals surface area contributed by atoms with Crippen LogP contribution in [-0.4, -0.2) is 35.1 Å². The van der Waals surface area contributed by atoms with Crippen molar-refractivity contribution in [2.24, 2.45) is 0 Å². The smallest absolute Gasteiger partial charge is 0.246 e. The topological polar surface area (TPSA) is 86.3 Å². The first kappa shape index (κ1) is 16.2. The fourth-order valence-corrected chi connectivity index (χ4v) is 3.90. The highest BCUT2D eigenvalue weighted by molar-refractivity contribution is 9.10. The van der Waals surface area contributed by atoms with Gasteiger partial charge < -0.3 is 5.11 Å². The van der Waals surface area contributed by atoms with Crippen LogP contribution in [0.25, 0.3) is 0 Å². The Morgan fingerprint density at radius 1 is 1.38 bits per heavy atom. The number of aliphatic hydroxyl groups is 1. The molecule has 2 rings (SSSR count). The molecule has 1 heterocycles. The van der Waals surface area contributed by atoms with E-state index in [1.807, 2.05) is 24.3 Å². The van der Waals surface area contributed by atoms with Crippen molar-refractivity contribution in [1.82, 2.24) is 14.5 Å². The van der Waals surface area contributed by atoms with Crippen molar-refractivity contribution < 1.29 is 13.5 Å². The SMILES string of the molecule is Cc1[nH]nc(CO)c1S(=O)(=O)N(C)Cc1ccccc1Br. The van der Waals surface area contributed by atoms with E-state index in [2.05, 4.69) is 26.1 Å². The molecule has 1 aromatic heterocycles. The van der Waals surface area contributed by atoms with Crippen molar-refractivity contribution >= 4 is 26.0 Å². The van der Waals surface area contributed by atoms with Gasteiger partial charge in [0.15, 0.2) is 0 Å². The number of rotatable bonds is 5. The number of nitrogens with zero attached hydrogens (tertiary/aromatic N) is 2. The lowest BCUT2D eigenvalue weighted by Crippen LogP contribution is -2.27. The lowest BCUT2D eigenvalue weighted by molar-refractivity contribution is 0.273. The maximum atomic E-state index is 12.6. The number of halogens is 1. The fourth-order valence-electron chi connectivity index (χ4n) is 2.03. The van der Waals surface area contributed by atoms with Gasteiger partial charge in [-0.15, -0.1) is 0 Å². The first-order valence-electron chi connectivity index (χ1n) is 6.22. The van der Waals surface area contributed by atoms with Gasteiger partial charge in [0.2, 0.25) is 10.0 Å². The molecule has 114 valence electrons. The van der Waals surface area contributed by atoms with Crippen molar-refractivity contribution in [1.29, 1.82) is 0 Å². The summed E-state index contributed by atoms with van der Waals surface area (Å²) in [4.78, 5) is 0.0413. The Hall–Kier alpha value is -1.22. The summed E-state index contributed by atoms with van der Waals surface area (Å²) in [6, 6.07) is 7.43. The summed E-state index contributed by atoms with van der Waals surface area (Å²) in [7, 11) is -2.22. The molecule has 2 aromatic rings. The first-order valence-corrected chi connectivity index (χ1v) is 8.45. The number of hydrogen-bond acceptors (Lipinski definition) is 4. The molecule has 2 N–H and O–H groups in total. The number of nitrogens with one attached hydrogen (secondary N) is 1. The zero-order chi connectivity index (χ0) is 15.6. The van der Waals surface area contributed by atoms with Gasteiger partial charge in [-0.25, -0.2) is 8.42 Å². The normalized spacial score (nSPS) is 12.0. The van der Waals surface area contributed by atoms with E-state index in [0.29, 0.717) is 5.69 Å². The number of aromatic nitrogens is 2. The van der Waals surface area contributed by atoms with Crippen molar-refractivity contribution in [2.75, 3.05) is 7.05 Å². The van der Waals surface area contributed by atoms with Crippen LogP contribution < -0.4 is 0 Å². The van der Waals surface area contributed by atoms with Crippen molar-refractivity contribution in [3.05, 3.63) is 45.7 Å². The Bertz CT molecular complexity index is 743. The minimum absolute atomic E-state index is 0.0413. The zero-order valence-electron chi connectivity index (χ0n) is 11.7. The number of benzene rings is 1. The van der Waals surface area contributed by atoms with Gasteiger partial charge in [0.05, 0.1) is 12.3 Å². The fraction of sp³-hybridized carbons (Fsp3) is 0.308. The minimum Gasteiger partial charge on any atom is -0.390 e. The third-order valence-electron chi connectivity index (χ3n) is 3.13. The summed E-state index contributed by atoms with van der Waals surface area (Å²) in [5.41, 5.74) is 1.40. The van der Waals surface area contributed by atoms with Crippen LogP contribution in [0.3, 0.4) is 0 Å². The maximum Gasteiger partial charge on any atom is 0.246 e. The summed E-state index contributed by atoms with van der Waals surface area (Å²) in [5.74, 6) is 0. The third kappa shape index (κ3) is 3.18. The molecule has 0 radical (unpaired) electrons. The Morgan fingerprint density at radius 3 is 2.67 bits per heavy atom. The number of aliphatic hydroxyl groups excluding tert-OH is 1. The van der Waals surface area contributed by atoms with E-state index >= 15 is 0 Å². The molecule has 0 aliphatic rings. The Morgan fingerprint density at radius 2 is 2.05 bits per heavy atom. The number of H-pyrrole nitrogens is 1. The molecule has 1 aromatic carbocycles. The summed E-state index contributed by atoms with van der Waals surface area (Å²) >= 11 is 3.40. The highest BCUT2D eigenvalue weighted by atomic mass is 79.9. The molecule has 0 fully saturated rings. The second-order valence-corrected chi connectivity index (χ2v) is 7.47. The molecule has 0 saturated carbocycles. The number of hydrogen-bond donors (Lipinski definition) is 2.